The molecule has 66 valence electrons. The predicted octanol–water partition coefficient (Wildman–Crippen LogP) is 1.65. The van der Waals surface area contributed by atoms with Gasteiger partial charge in [0.1, 0.15) is 5.82 Å². The summed E-state index contributed by atoms with van der Waals surface area (Å²) in [6.45, 7) is 1.71. The van der Waals surface area contributed by atoms with E-state index in [0.717, 1.165) is 6.07 Å². The molecule has 1 aromatic carbocycles. The minimum absolute atomic E-state index is 0. The van der Waals surface area contributed by atoms with E-state index in [0.29, 0.717) is 5.56 Å². The Bertz CT molecular complexity index is 301. The molecule has 0 spiro atoms. The molecule has 0 aromatic heterocycles. The van der Waals surface area contributed by atoms with E-state index in [1.807, 2.05) is 0 Å². The third-order valence-corrected chi connectivity index (χ3v) is 1.47. The van der Waals surface area contributed by atoms with Crippen LogP contribution in [0, 0.1) is 12.7 Å². The lowest BCUT2D eigenvalue weighted by Gasteiger charge is -1.99. The number of benzene rings is 1. The van der Waals surface area contributed by atoms with Crippen molar-refractivity contribution in [1.29, 1.82) is 0 Å². The van der Waals surface area contributed by atoms with Gasteiger partial charge in [-0.25, -0.2) is 4.39 Å². The third kappa shape index (κ3) is 2.20. The van der Waals surface area contributed by atoms with Gasteiger partial charge in [-0.15, -0.1) is 12.4 Å². The van der Waals surface area contributed by atoms with Crippen LogP contribution in [0.2, 0.25) is 0 Å². The maximum atomic E-state index is 12.5. The molecule has 0 aliphatic rings. The number of rotatable bonds is 1. The lowest BCUT2D eigenvalue weighted by atomic mass is 10.1. The van der Waals surface area contributed by atoms with Gasteiger partial charge in [-0.3, -0.25) is 4.79 Å². The number of primary amides is 1. The smallest absolute Gasteiger partial charge is 0.249 e. The molecule has 0 heterocycles. The summed E-state index contributed by atoms with van der Waals surface area (Å²) < 4.78 is 12.5. The largest absolute Gasteiger partial charge is 0.366 e. The topological polar surface area (TPSA) is 43.1 Å². The highest BCUT2D eigenvalue weighted by Crippen LogP contribution is 2.08. The molecule has 12 heavy (non-hydrogen) atoms. The Labute approximate surface area is 76.0 Å². The SMILES string of the molecule is Cc1ccc(F)cc1C(N)=O.Cl. The summed E-state index contributed by atoms with van der Waals surface area (Å²) >= 11 is 0. The van der Waals surface area contributed by atoms with Crippen LogP contribution < -0.4 is 5.73 Å². The van der Waals surface area contributed by atoms with Gasteiger partial charge in [-0.2, -0.15) is 0 Å². The highest BCUT2D eigenvalue weighted by Gasteiger charge is 2.04. The molecule has 0 aliphatic heterocycles. The van der Waals surface area contributed by atoms with E-state index in [4.69, 9.17) is 5.73 Å². The second kappa shape index (κ2) is 4.07. The van der Waals surface area contributed by atoms with E-state index in [2.05, 4.69) is 0 Å². The van der Waals surface area contributed by atoms with Crippen molar-refractivity contribution in [3.63, 3.8) is 0 Å². The predicted molar refractivity (Wildman–Crippen MR) is 46.9 cm³/mol. The van der Waals surface area contributed by atoms with Crippen LogP contribution in [0.15, 0.2) is 18.2 Å². The number of carbonyl (C=O) groups is 1. The van der Waals surface area contributed by atoms with E-state index in [-0.39, 0.29) is 18.0 Å². The standard InChI is InChI=1S/C8H8FNO.ClH/c1-5-2-3-6(9)4-7(5)8(10)11;/h2-4H,1H3,(H2,10,11);1H. The molecule has 0 saturated heterocycles. The second-order valence-corrected chi connectivity index (χ2v) is 2.32. The molecule has 0 bridgehead atoms. The van der Waals surface area contributed by atoms with Crippen LogP contribution in [-0.4, -0.2) is 5.91 Å². The quantitative estimate of drug-likeness (QED) is 0.718. The molecule has 0 atom stereocenters. The van der Waals surface area contributed by atoms with Gasteiger partial charge in [0.15, 0.2) is 0 Å². The zero-order valence-corrected chi connectivity index (χ0v) is 7.32. The highest BCUT2D eigenvalue weighted by atomic mass is 35.5. The molecule has 0 unspecified atom stereocenters. The molecule has 2 nitrogen and oxygen atoms in total. The van der Waals surface area contributed by atoms with Gasteiger partial charge >= 0.3 is 0 Å². The number of carbonyl (C=O) groups excluding carboxylic acids is 1. The molecule has 0 saturated carbocycles. The van der Waals surface area contributed by atoms with E-state index >= 15 is 0 Å². The van der Waals surface area contributed by atoms with Crippen molar-refractivity contribution in [1.82, 2.24) is 0 Å². The number of hydrogen-bond donors (Lipinski definition) is 1. The van der Waals surface area contributed by atoms with Crippen LogP contribution in [0.1, 0.15) is 15.9 Å². The summed E-state index contributed by atoms with van der Waals surface area (Å²) in [7, 11) is 0. The second-order valence-electron chi connectivity index (χ2n) is 2.32. The Kier molecular flexibility index (Phi) is 3.70. The fourth-order valence-electron chi connectivity index (χ4n) is 0.860. The number of hydrogen-bond acceptors (Lipinski definition) is 1. The van der Waals surface area contributed by atoms with Crippen molar-refractivity contribution in [2.24, 2.45) is 5.73 Å². The van der Waals surface area contributed by atoms with Crippen molar-refractivity contribution >= 4 is 18.3 Å². The Morgan fingerprint density at radius 3 is 2.50 bits per heavy atom. The Hall–Kier alpha value is -1.09. The zero-order chi connectivity index (χ0) is 8.43. The number of halogens is 2. The van der Waals surface area contributed by atoms with Crippen molar-refractivity contribution in [3.05, 3.63) is 35.1 Å². The molecule has 0 radical (unpaired) electrons. The molecule has 2 N–H and O–H groups in total. The van der Waals surface area contributed by atoms with Gasteiger partial charge in [0.2, 0.25) is 5.91 Å². The molecular weight excluding hydrogens is 181 g/mol. The van der Waals surface area contributed by atoms with E-state index < -0.39 is 11.7 Å². The molecule has 1 aromatic rings. The highest BCUT2D eigenvalue weighted by molar-refractivity contribution is 5.94. The number of aryl methyl sites for hydroxylation is 1. The first kappa shape index (κ1) is 10.9. The lowest BCUT2D eigenvalue weighted by molar-refractivity contribution is 0.0999. The van der Waals surface area contributed by atoms with Gasteiger partial charge in [-0.05, 0) is 24.6 Å². The summed E-state index contributed by atoms with van der Waals surface area (Å²) in [4.78, 5) is 10.6. The van der Waals surface area contributed by atoms with Gasteiger partial charge in [-0.1, -0.05) is 6.07 Å². The Balaban J connectivity index is 0.00000121. The van der Waals surface area contributed by atoms with Gasteiger partial charge in [0, 0.05) is 5.56 Å². The molecule has 1 rings (SSSR count). The maximum absolute atomic E-state index is 12.5. The summed E-state index contributed by atoms with van der Waals surface area (Å²) in [5, 5.41) is 0. The van der Waals surface area contributed by atoms with Crippen LogP contribution in [0.25, 0.3) is 0 Å². The molecular formula is C8H9ClFNO. The van der Waals surface area contributed by atoms with Crippen LogP contribution >= 0.6 is 12.4 Å². The third-order valence-electron chi connectivity index (χ3n) is 1.47. The first-order chi connectivity index (χ1) is 5.11. The fourth-order valence-corrected chi connectivity index (χ4v) is 0.860. The summed E-state index contributed by atoms with van der Waals surface area (Å²) in [6, 6.07) is 3.95. The minimum atomic E-state index is -0.595. The fraction of sp³-hybridized carbons (Fsp3) is 0.125. The van der Waals surface area contributed by atoms with Crippen molar-refractivity contribution < 1.29 is 9.18 Å². The average Bonchev–Trinajstić information content (AvgIpc) is 1.94. The Morgan fingerprint density at radius 1 is 1.50 bits per heavy atom. The summed E-state index contributed by atoms with van der Waals surface area (Å²) in [5.74, 6) is -1.04. The maximum Gasteiger partial charge on any atom is 0.249 e. The van der Waals surface area contributed by atoms with Crippen molar-refractivity contribution in [3.8, 4) is 0 Å². The molecule has 4 heteroatoms. The van der Waals surface area contributed by atoms with E-state index in [1.54, 1.807) is 6.92 Å². The molecule has 1 amide bonds. The minimum Gasteiger partial charge on any atom is -0.366 e. The number of nitrogens with two attached hydrogens (primary N) is 1. The van der Waals surface area contributed by atoms with Crippen LogP contribution in [0.5, 0.6) is 0 Å². The normalized spacial score (nSPS) is 8.83. The van der Waals surface area contributed by atoms with Gasteiger partial charge < -0.3 is 5.73 Å². The van der Waals surface area contributed by atoms with Crippen LogP contribution in [-0.2, 0) is 0 Å². The molecule has 0 fully saturated rings. The first-order valence-electron chi connectivity index (χ1n) is 3.17. The molecule has 0 aliphatic carbocycles. The Morgan fingerprint density at radius 2 is 2.08 bits per heavy atom. The van der Waals surface area contributed by atoms with E-state index in [1.165, 1.54) is 12.1 Å². The van der Waals surface area contributed by atoms with Gasteiger partial charge in [0.25, 0.3) is 0 Å². The number of amides is 1. The summed E-state index contributed by atoms with van der Waals surface area (Å²) in [5.41, 5.74) is 5.91. The van der Waals surface area contributed by atoms with Crippen LogP contribution in [0.3, 0.4) is 0 Å². The average molecular weight is 190 g/mol. The first-order valence-corrected chi connectivity index (χ1v) is 3.17. The van der Waals surface area contributed by atoms with Crippen molar-refractivity contribution in [2.45, 2.75) is 6.92 Å². The zero-order valence-electron chi connectivity index (χ0n) is 6.50. The van der Waals surface area contributed by atoms with Gasteiger partial charge in [0.05, 0.1) is 0 Å². The van der Waals surface area contributed by atoms with Crippen molar-refractivity contribution in [2.75, 3.05) is 0 Å². The van der Waals surface area contributed by atoms with Crippen LogP contribution in [0.4, 0.5) is 4.39 Å². The summed E-state index contributed by atoms with van der Waals surface area (Å²) in [6.07, 6.45) is 0. The van der Waals surface area contributed by atoms with E-state index in [9.17, 15) is 9.18 Å². The monoisotopic (exact) mass is 189 g/mol. The lowest BCUT2D eigenvalue weighted by Crippen LogP contribution is -2.12.